The number of hydrogen-bond acceptors (Lipinski definition) is 6. The van der Waals surface area contributed by atoms with E-state index in [0.717, 1.165) is 121 Å². The van der Waals surface area contributed by atoms with E-state index in [4.69, 9.17) is 8.83 Å². The summed E-state index contributed by atoms with van der Waals surface area (Å²) < 4.78 is 32.3. The van der Waals surface area contributed by atoms with Crippen LogP contribution in [0.5, 0.6) is 0 Å². The fourth-order valence-corrected chi connectivity index (χ4v) is 14.6. The van der Waals surface area contributed by atoms with Gasteiger partial charge in [0.1, 0.15) is 22.5 Å². The van der Waals surface area contributed by atoms with Crippen LogP contribution in [0.2, 0.25) is 0 Å². The van der Waals surface area contributed by atoms with Gasteiger partial charge in [0.05, 0.1) is 38.7 Å². The van der Waals surface area contributed by atoms with E-state index in [1.54, 1.807) is 0 Å². The zero-order valence-electron chi connectivity index (χ0n) is 33.5. The van der Waals surface area contributed by atoms with Gasteiger partial charge in [-0.25, -0.2) is 0 Å². The van der Waals surface area contributed by atoms with Crippen LogP contribution in [0.25, 0.3) is 65.4 Å². The van der Waals surface area contributed by atoms with Gasteiger partial charge in [0.15, 0.2) is 18.3 Å². The molecule has 6 nitrogen and oxygen atoms in total. The van der Waals surface area contributed by atoms with E-state index in [0.29, 0.717) is 11.2 Å². The van der Waals surface area contributed by atoms with E-state index in [1.807, 2.05) is 18.2 Å². The highest BCUT2D eigenvalue weighted by Gasteiger charge is 2.56. The maximum atomic E-state index is 17.9. The molecule has 10 aromatic carbocycles. The summed E-state index contributed by atoms with van der Waals surface area (Å²) in [7, 11) is -3.78. The van der Waals surface area contributed by atoms with Crippen molar-refractivity contribution in [2.45, 2.75) is 0 Å². The lowest BCUT2D eigenvalue weighted by Crippen LogP contribution is -2.47. The van der Waals surface area contributed by atoms with Crippen molar-refractivity contribution in [3.8, 4) is 0 Å². The lowest BCUT2D eigenvalue weighted by Gasteiger charge is -2.49. The average Bonchev–Trinajstić information content (AvgIpc) is 3.87. The highest BCUT2D eigenvalue weighted by Crippen LogP contribution is 2.69. The van der Waals surface area contributed by atoms with Gasteiger partial charge in [-0.15, -0.1) is 0 Å². The summed E-state index contributed by atoms with van der Waals surface area (Å²) in [6, 6.07) is 67.9. The van der Waals surface area contributed by atoms with Crippen molar-refractivity contribution in [2.75, 3.05) is 14.7 Å². The van der Waals surface area contributed by atoms with Gasteiger partial charge in [-0.1, -0.05) is 109 Å². The Labute approximate surface area is 360 Å². The lowest BCUT2D eigenvalue weighted by molar-refractivity contribution is 0.591. The SMILES string of the molecule is O=P12c3c4cccc3N(c3ccccc3)c3cc5c(oc6cc7ccccc7cc65)c(c31)N(c1ccccc1)c1c2c(cc2c1oc1cc3ccccc3cc12)N4c1ccccc1. The van der Waals surface area contributed by atoms with E-state index < -0.39 is 7.14 Å². The molecule has 3 aliphatic rings. The Morgan fingerprint density at radius 1 is 0.333 bits per heavy atom. The third-order valence-corrected chi connectivity index (χ3v) is 16.7. The van der Waals surface area contributed by atoms with Gasteiger partial charge in [-0.2, -0.15) is 0 Å². The molecular formula is C56H32N3O3P. The number of anilines is 9. The number of rotatable bonds is 3. The van der Waals surface area contributed by atoms with Crippen LogP contribution in [0.3, 0.4) is 0 Å². The van der Waals surface area contributed by atoms with Crippen molar-refractivity contribution < 1.29 is 13.4 Å². The van der Waals surface area contributed by atoms with Gasteiger partial charge < -0.3 is 28.1 Å². The Balaban J connectivity index is 1.21. The smallest absolute Gasteiger partial charge is 0.183 e. The van der Waals surface area contributed by atoms with Crippen molar-refractivity contribution in [2.24, 2.45) is 0 Å². The van der Waals surface area contributed by atoms with Crippen LogP contribution in [0.1, 0.15) is 0 Å². The third-order valence-electron chi connectivity index (χ3n) is 13.5. The van der Waals surface area contributed by atoms with E-state index in [1.165, 1.54) is 0 Å². The van der Waals surface area contributed by atoms with Gasteiger partial charge in [-0.3, -0.25) is 0 Å². The maximum Gasteiger partial charge on any atom is 0.183 e. The van der Waals surface area contributed by atoms with Crippen molar-refractivity contribution in [3.05, 3.63) is 194 Å². The molecule has 63 heavy (non-hydrogen) atoms. The Hall–Kier alpha value is -8.05. The lowest BCUT2D eigenvalue weighted by atomic mass is 10.0. The molecule has 2 aromatic heterocycles. The number of furan rings is 2. The van der Waals surface area contributed by atoms with Crippen LogP contribution in [0.4, 0.5) is 51.2 Å². The normalized spacial score (nSPS) is 14.4. The molecule has 0 spiro atoms. The molecule has 0 unspecified atom stereocenters. The Morgan fingerprint density at radius 3 is 1.14 bits per heavy atom. The van der Waals surface area contributed by atoms with Gasteiger partial charge in [0.25, 0.3) is 0 Å². The summed E-state index contributed by atoms with van der Waals surface area (Å²) in [5.74, 6) is 0. The minimum Gasteiger partial charge on any atom is -0.454 e. The minimum absolute atomic E-state index is 0.684. The molecule has 294 valence electrons. The maximum absolute atomic E-state index is 17.9. The number of nitrogens with zero attached hydrogens (tertiary/aromatic N) is 3. The molecule has 0 saturated heterocycles. The summed E-state index contributed by atoms with van der Waals surface area (Å²) in [6.45, 7) is 0. The second kappa shape index (κ2) is 11.9. The largest absolute Gasteiger partial charge is 0.454 e. The van der Waals surface area contributed by atoms with Crippen LogP contribution in [-0.4, -0.2) is 0 Å². The van der Waals surface area contributed by atoms with Crippen LogP contribution in [-0.2, 0) is 4.57 Å². The molecule has 0 atom stereocenters. The standard InChI is InChI=1S/C56H32N3O3P/c60-63-54-44-25-14-26-45(54)58(38-21-6-2-7-22-38)47-32-43-41-28-34-16-11-13-18-36(34)30-49(41)62-53(43)51(56(47)63)59(39-23-8-3-9-24-39)50-52-42(31-46(55(50)63)57(44)37-19-4-1-5-20-37)40-27-33-15-10-12-17-35(33)29-48(40)61-52/h1-32H. The van der Waals surface area contributed by atoms with Crippen LogP contribution < -0.4 is 30.6 Å². The second-order valence-corrected chi connectivity index (χ2v) is 19.4. The Morgan fingerprint density at radius 2 is 0.714 bits per heavy atom. The molecule has 0 radical (unpaired) electrons. The topological polar surface area (TPSA) is 53.1 Å². The molecule has 7 heteroatoms. The number of benzene rings is 10. The predicted molar refractivity (Wildman–Crippen MR) is 260 cm³/mol. The Bertz CT molecular complexity index is 3790. The van der Waals surface area contributed by atoms with Crippen LogP contribution >= 0.6 is 7.14 Å². The van der Waals surface area contributed by atoms with Crippen molar-refractivity contribution >= 4 is 140 Å². The summed E-state index contributed by atoms with van der Waals surface area (Å²) in [4.78, 5) is 6.94. The first-order valence-electron chi connectivity index (χ1n) is 21.3. The molecule has 0 bridgehead atoms. The van der Waals surface area contributed by atoms with Gasteiger partial charge in [-0.05, 0) is 106 Å². The first-order chi connectivity index (χ1) is 31.1. The molecule has 0 saturated carbocycles. The summed E-state index contributed by atoms with van der Waals surface area (Å²) in [6.07, 6.45) is 0. The zero-order valence-corrected chi connectivity index (χ0v) is 34.4. The van der Waals surface area contributed by atoms with Crippen molar-refractivity contribution in [3.63, 3.8) is 0 Å². The van der Waals surface area contributed by atoms with E-state index in [2.05, 4.69) is 191 Å². The van der Waals surface area contributed by atoms with Crippen LogP contribution in [0, 0.1) is 0 Å². The van der Waals surface area contributed by atoms with E-state index in [-0.39, 0.29) is 0 Å². The van der Waals surface area contributed by atoms with Gasteiger partial charge >= 0.3 is 0 Å². The van der Waals surface area contributed by atoms with E-state index in [9.17, 15) is 0 Å². The quantitative estimate of drug-likeness (QED) is 0.165. The molecule has 15 rings (SSSR count). The predicted octanol–water partition coefficient (Wildman–Crippen LogP) is 14.8. The van der Waals surface area contributed by atoms with Gasteiger partial charge in [0.2, 0.25) is 0 Å². The first kappa shape index (κ1) is 33.6. The highest BCUT2D eigenvalue weighted by atomic mass is 31.2. The summed E-state index contributed by atoms with van der Waals surface area (Å²) in [5, 5.41) is 10.7. The van der Waals surface area contributed by atoms with Crippen molar-refractivity contribution in [1.29, 1.82) is 0 Å². The summed E-state index contributed by atoms with van der Waals surface area (Å²) in [5.41, 5.74) is 10.8. The molecule has 0 N–H and O–H groups in total. The third kappa shape index (κ3) is 4.21. The van der Waals surface area contributed by atoms with Gasteiger partial charge in [0, 0.05) is 38.6 Å². The minimum atomic E-state index is -3.78. The molecule has 0 fully saturated rings. The molecule has 12 aromatic rings. The number of fused-ring (bicyclic) bond motifs is 10. The van der Waals surface area contributed by atoms with Crippen molar-refractivity contribution in [1.82, 2.24) is 0 Å². The monoisotopic (exact) mass is 825 g/mol. The number of para-hydroxylation sites is 3. The second-order valence-electron chi connectivity index (χ2n) is 16.8. The average molecular weight is 826 g/mol. The first-order valence-corrected chi connectivity index (χ1v) is 23.0. The zero-order chi connectivity index (χ0) is 41.1. The Kier molecular flexibility index (Phi) is 6.33. The fraction of sp³-hybridized carbons (Fsp3) is 0. The fourth-order valence-electron chi connectivity index (χ4n) is 10.9. The molecule has 0 amide bonds. The molecule has 3 aliphatic heterocycles. The molecule has 0 aliphatic carbocycles. The summed E-state index contributed by atoms with van der Waals surface area (Å²) >= 11 is 0. The van der Waals surface area contributed by atoms with E-state index >= 15 is 4.57 Å². The molecular weight excluding hydrogens is 794 g/mol. The highest BCUT2D eigenvalue weighted by molar-refractivity contribution is 7.87. The molecule has 5 heterocycles. The number of hydrogen-bond donors (Lipinski definition) is 0. The van der Waals surface area contributed by atoms with Crippen LogP contribution in [0.15, 0.2) is 203 Å².